The van der Waals surface area contributed by atoms with E-state index in [-0.39, 0.29) is 11.5 Å². The summed E-state index contributed by atoms with van der Waals surface area (Å²) < 4.78 is 0. The highest BCUT2D eigenvalue weighted by Gasteiger charge is 2.46. The van der Waals surface area contributed by atoms with Crippen LogP contribution in [-0.2, 0) is 23.2 Å². The third-order valence-corrected chi connectivity index (χ3v) is 6.64. The fourth-order valence-corrected chi connectivity index (χ4v) is 5.03. The Kier molecular flexibility index (Phi) is 5.54. The smallest absolute Gasteiger partial charge is 0.225 e. The minimum absolute atomic E-state index is 0.0539. The van der Waals surface area contributed by atoms with Gasteiger partial charge in [0.15, 0.2) is 0 Å². The van der Waals surface area contributed by atoms with E-state index in [1.807, 2.05) is 13.8 Å². The van der Waals surface area contributed by atoms with E-state index in [0.29, 0.717) is 5.91 Å². The number of hydrogen-bond acceptors (Lipinski definition) is 2. The minimum atomic E-state index is -0.112. The van der Waals surface area contributed by atoms with E-state index < -0.39 is 0 Å². The Labute approximate surface area is 169 Å². The Morgan fingerprint density at radius 1 is 0.964 bits per heavy atom. The fourth-order valence-electron chi connectivity index (χ4n) is 5.03. The zero-order valence-electron chi connectivity index (χ0n) is 17.2. The van der Waals surface area contributed by atoms with Gasteiger partial charge in [-0.15, -0.1) is 0 Å². The normalized spacial score (nSPS) is 19.0. The van der Waals surface area contributed by atoms with E-state index in [0.717, 1.165) is 51.9 Å². The van der Waals surface area contributed by atoms with Gasteiger partial charge in [0.2, 0.25) is 5.91 Å². The highest BCUT2D eigenvalue weighted by molar-refractivity contribution is 5.79. The Hall–Kier alpha value is -2.13. The zero-order valence-corrected chi connectivity index (χ0v) is 17.2. The Morgan fingerprint density at radius 3 is 2.36 bits per heavy atom. The summed E-state index contributed by atoms with van der Waals surface area (Å²) in [7, 11) is 0. The maximum absolute atomic E-state index is 13.1. The van der Waals surface area contributed by atoms with Gasteiger partial charge in [0.05, 0.1) is 5.54 Å². The summed E-state index contributed by atoms with van der Waals surface area (Å²) in [5.41, 5.74) is 4.13. The summed E-state index contributed by atoms with van der Waals surface area (Å²) in [6, 6.07) is 19.6. The van der Waals surface area contributed by atoms with Crippen LogP contribution in [0.1, 0.15) is 43.4 Å². The van der Waals surface area contributed by atoms with Crippen molar-refractivity contribution in [3.8, 4) is 0 Å². The average molecular weight is 377 g/mol. The van der Waals surface area contributed by atoms with E-state index in [9.17, 15) is 4.79 Å². The monoisotopic (exact) mass is 376 g/mol. The predicted molar refractivity (Wildman–Crippen MR) is 114 cm³/mol. The number of hydrogen-bond donors (Lipinski definition) is 0. The summed E-state index contributed by atoms with van der Waals surface area (Å²) in [6.45, 7) is 8.14. The van der Waals surface area contributed by atoms with Crippen LogP contribution in [-0.4, -0.2) is 41.9 Å². The third kappa shape index (κ3) is 3.60. The number of rotatable bonds is 4. The molecular formula is C25H32N2O. The van der Waals surface area contributed by atoms with Crippen molar-refractivity contribution in [2.24, 2.45) is 5.92 Å². The molecule has 0 unspecified atom stereocenters. The van der Waals surface area contributed by atoms with E-state index in [1.54, 1.807) is 0 Å². The lowest BCUT2D eigenvalue weighted by molar-refractivity contribution is -0.145. The molecule has 148 valence electrons. The molecule has 28 heavy (non-hydrogen) atoms. The number of fused-ring (bicyclic) bond motifs is 2. The molecular weight excluding hydrogens is 344 g/mol. The van der Waals surface area contributed by atoms with Gasteiger partial charge in [-0.25, -0.2) is 0 Å². The van der Waals surface area contributed by atoms with Crippen LogP contribution in [0.15, 0.2) is 54.6 Å². The molecule has 0 aliphatic carbocycles. The first kappa shape index (κ1) is 19.2. The molecule has 2 aromatic carbocycles. The van der Waals surface area contributed by atoms with Crippen LogP contribution in [0.4, 0.5) is 0 Å². The summed E-state index contributed by atoms with van der Waals surface area (Å²) in [5, 5.41) is 0. The molecule has 3 heteroatoms. The van der Waals surface area contributed by atoms with Gasteiger partial charge in [-0.3, -0.25) is 4.79 Å². The van der Waals surface area contributed by atoms with Crippen molar-refractivity contribution >= 4 is 5.91 Å². The van der Waals surface area contributed by atoms with Crippen LogP contribution >= 0.6 is 0 Å². The van der Waals surface area contributed by atoms with E-state index in [4.69, 9.17) is 0 Å². The predicted octanol–water partition coefficient (Wildman–Crippen LogP) is 4.26. The molecule has 0 radical (unpaired) electrons. The number of benzene rings is 2. The van der Waals surface area contributed by atoms with Gasteiger partial charge in [-0.2, -0.15) is 0 Å². The van der Waals surface area contributed by atoms with Crippen molar-refractivity contribution in [1.29, 1.82) is 0 Å². The number of piperidine rings is 1. The molecule has 4 rings (SSSR count). The average Bonchev–Trinajstić information content (AvgIpc) is 2.74. The van der Waals surface area contributed by atoms with Gasteiger partial charge in [0, 0.05) is 32.1 Å². The lowest BCUT2D eigenvalue weighted by Gasteiger charge is -2.53. The second-order valence-corrected chi connectivity index (χ2v) is 8.66. The molecule has 1 saturated heterocycles. The molecule has 0 saturated carbocycles. The molecule has 1 amide bonds. The molecule has 0 N–H and O–H groups in total. The first-order valence-corrected chi connectivity index (χ1v) is 10.8. The fraction of sp³-hybridized carbons (Fsp3) is 0.480. The Balaban J connectivity index is 1.52. The van der Waals surface area contributed by atoms with Crippen molar-refractivity contribution in [1.82, 2.24) is 9.80 Å². The number of likely N-dealkylation sites (tertiary alicyclic amines) is 1. The van der Waals surface area contributed by atoms with Crippen molar-refractivity contribution in [3.05, 3.63) is 71.3 Å². The topological polar surface area (TPSA) is 23.6 Å². The highest BCUT2D eigenvalue weighted by atomic mass is 16.2. The van der Waals surface area contributed by atoms with Gasteiger partial charge >= 0.3 is 0 Å². The van der Waals surface area contributed by atoms with Gasteiger partial charge in [0.1, 0.15) is 0 Å². The van der Waals surface area contributed by atoms with E-state index in [2.05, 4.69) is 64.4 Å². The maximum Gasteiger partial charge on any atom is 0.225 e. The minimum Gasteiger partial charge on any atom is -0.332 e. The van der Waals surface area contributed by atoms with Crippen LogP contribution in [0.3, 0.4) is 0 Å². The molecule has 3 nitrogen and oxygen atoms in total. The van der Waals surface area contributed by atoms with Gasteiger partial charge in [-0.05, 0) is 42.4 Å². The SMILES string of the molecule is CC(C)C(=O)N1CCc2ccccc2C12CCN(CCc1ccccc1)CC2. The molecule has 1 fully saturated rings. The number of amides is 1. The second-order valence-electron chi connectivity index (χ2n) is 8.66. The van der Waals surface area contributed by atoms with E-state index in [1.165, 1.54) is 16.7 Å². The molecule has 2 heterocycles. The molecule has 0 atom stereocenters. The van der Waals surface area contributed by atoms with Crippen LogP contribution in [0.25, 0.3) is 0 Å². The standard InChI is InChI=1S/C25H32N2O/c1-20(2)24(28)27-17-13-22-10-6-7-11-23(22)25(27)14-18-26(19-15-25)16-12-21-8-4-3-5-9-21/h3-11,20H,12-19H2,1-2H3. The Morgan fingerprint density at radius 2 is 1.64 bits per heavy atom. The van der Waals surface area contributed by atoms with Crippen molar-refractivity contribution < 1.29 is 4.79 Å². The molecule has 2 aromatic rings. The number of nitrogens with zero attached hydrogens (tertiary/aromatic N) is 2. The second kappa shape index (κ2) is 8.08. The molecule has 1 spiro atoms. The van der Waals surface area contributed by atoms with Crippen molar-refractivity contribution in [2.75, 3.05) is 26.2 Å². The Bertz CT molecular complexity index is 806. The summed E-state index contributed by atoms with van der Waals surface area (Å²) in [5.74, 6) is 0.366. The lowest BCUT2D eigenvalue weighted by atomic mass is 9.73. The van der Waals surface area contributed by atoms with E-state index >= 15 is 0 Å². The highest BCUT2D eigenvalue weighted by Crippen LogP contribution is 2.44. The number of carbonyl (C=O) groups excluding carboxylic acids is 1. The quantitative estimate of drug-likeness (QED) is 0.796. The molecule has 2 aliphatic heterocycles. The molecule has 0 aromatic heterocycles. The first-order valence-electron chi connectivity index (χ1n) is 10.8. The summed E-state index contributed by atoms with van der Waals surface area (Å²) in [6.07, 6.45) is 4.15. The molecule has 0 bridgehead atoms. The third-order valence-electron chi connectivity index (χ3n) is 6.64. The van der Waals surface area contributed by atoms with Gasteiger partial charge in [0.25, 0.3) is 0 Å². The van der Waals surface area contributed by atoms with Crippen molar-refractivity contribution in [3.63, 3.8) is 0 Å². The molecule has 2 aliphatic rings. The van der Waals surface area contributed by atoms with Crippen LogP contribution in [0.5, 0.6) is 0 Å². The zero-order chi connectivity index (χ0) is 19.6. The summed E-state index contributed by atoms with van der Waals surface area (Å²) >= 11 is 0. The van der Waals surface area contributed by atoms with Crippen LogP contribution in [0, 0.1) is 5.92 Å². The van der Waals surface area contributed by atoms with Crippen LogP contribution < -0.4 is 0 Å². The largest absolute Gasteiger partial charge is 0.332 e. The van der Waals surface area contributed by atoms with Crippen LogP contribution in [0.2, 0.25) is 0 Å². The first-order chi connectivity index (χ1) is 13.6. The summed E-state index contributed by atoms with van der Waals surface area (Å²) in [4.78, 5) is 17.9. The maximum atomic E-state index is 13.1. The number of carbonyl (C=O) groups is 1. The van der Waals surface area contributed by atoms with Gasteiger partial charge < -0.3 is 9.80 Å². The van der Waals surface area contributed by atoms with Crippen molar-refractivity contribution in [2.45, 2.75) is 45.1 Å². The lowest BCUT2D eigenvalue weighted by Crippen LogP contribution is -2.59. The van der Waals surface area contributed by atoms with Gasteiger partial charge in [-0.1, -0.05) is 68.4 Å².